The van der Waals surface area contributed by atoms with Gasteiger partial charge < -0.3 is 0 Å². The van der Waals surface area contributed by atoms with Crippen molar-refractivity contribution in [3.05, 3.63) is 64.0 Å². The van der Waals surface area contributed by atoms with Gasteiger partial charge in [0.05, 0.1) is 0 Å². The van der Waals surface area contributed by atoms with Crippen LogP contribution in [-0.2, 0) is 14.8 Å². The summed E-state index contributed by atoms with van der Waals surface area (Å²) in [5.74, 6) is 0.988. The molecule has 150 valence electrons. The third kappa shape index (κ3) is 6.73. The molecule has 0 radical (unpaired) electrons. The molecule has 8 nitrogen and oxygen atoms in total. The van der Waals surface area contributed by atoms with Gasteiger partial charge in [-0.15, -0.1) is 0 Å². The summed E-state index contributed by atoms with van der Waals surface area (Å²) in [6, 6.07) is 13.7. The molecule has 0 aliphatic heterocycles. The third-order valence-electron chi connectivity index (χ3n) is 3.66. The van der Waals surface area contributed by atoms with Gasteiger partial charge in [-0.1, -0.05) is 0 Å². The van der Waals surface area contributed by atoms with Crippen molar-refractivity contribution in [2.45, 2.75) is 11.6 Å². The van der Waals surface area contributed by atoms with Crippen molar-refractivity contribution in [3.8, 4) is 11.5 Å². The molecule has 1 N–H and O–H groups in total. The van der Waals surface area contributed by atoms with Crippen molar-refractivity contribution in [3.63, 3.8) is 0 Å². The van der Waals surface area contributed by atoms with E-state index in [0.717, 1.165) is 5.56 Å². The number of benzene rings is 2. The summed E-state index contributed by atoms with van der Waals surface area (Å²) < 4.78 is 22.7. The Labute approximate surface area is 170 Å². The summed E-state index contributed by atoms with van der Waals surface area (Å²) in [7, 11) is 2.95. The van der Waals surface area contributed by atoms with Crippen LogP contribution in [0.4, 0.5) is 0 Å². The zero-order chi connectivity index (χ0) is 20.2. The Morgan fingerprint density at radius 2 is 1.96 bits per heavy atom. The standard InChI is InChI=1S/C19H23N3O5Se/c1-24-13-27-17-11-15(26-9-8-21-22-20)10-14(18(17)19(23)25-2)12-28-16-6-4-3-5-7-16/h3-7,10-11,19,23H,8-9,12-13H2,1-2H3. The normalized spacial score (nSPS) is 11.5. The van der Waals surface area contributed by atoms with Crippen LogP contribution in [0.25, 0.3) is 10.4 Å². The van der Waals surface area contributed by atoms with Crippen LogP contribution in [0, 0.1) is 0 Å². The molecule has 0 saturated carbocycles. The molecular formula is C19H23N3O5Se. The van der Waals surface area contributed by atoms with Gasteiger partial charge in [0.2, 0.25) is 0 Å². The summed E-state index contributed by atoms with van der Waals surface area (Å²) in [5.41, 5.74) is 9.80. The molecule has 0 fully saturated rings. The molecule has 28 heavy (non-hydrogen) atoms. The van der Waals surface area contributed by atoms with Crippen LogP contribution in [0.5, 0.6) is 11.5 Å². The number of azide groups is 1. The van der Waals surface area contributed by atoms with Gasteiger partial charge in [0.15, 0.2) is 0 Å². The average Bonchev–Trinajstić information content (AvgIpc) is 2.73. The quantitative estimate of drug-likeness (QED) is 0.133. The monoisotopic (exact) mass is 453 g/mol. The fraction of sp³-hybridized carbons (Fsp3) is 0.368. The fourth-order valence-corrected chi connectivity index (χ4v) is 4.34. The molecule has 2 rings (SSSR count). The number of methoxy groups -OCH3 is 2. The van der Waals surface area contributed by atoms with E-state index in [1.54, 1.807) is 6.07 Å². The molecule has 0 aromatic heterocycles. The van der Waals surface area contributed by atoms with E-state index in [4.69, 9.17) is 24.5 Å². The number of aliphatic hydroxyl groups is 1. The molecule has 0 aliphatic rings. The minimum atomic E-state index is -1.13. The Balaban J connectivity index is 2.32. The summed E-state index contributed by atoms with van der Waals surface area (Å²) >= 11 is 0.145. The number of hydrogen-bond donors (Lipinski definition) is 1. The van der Waals surface area contributed by atoms with E-state index in [1.165, 1.54) is 18.7 Å². The van der Waals surface area contributed by atoms with Crippen LogP contribution >= 0.6 is 0 Å². The molecule has 0 aliphatic carbocycles. The molecule has 1 unspecified atom stereocenters. The first-order valence-corrected chi connectivity index (χ1v) is 10.6. The maximum atomic E-state index is 10.4. The zero-order valence-electron chi connectivity index (χ0n) is 15.8. The molecule has 2 aromatic rings. The Morgan fingerprint density at radius 1 is 1.18 bits per heavy atom. The minimum absolute atomic E-state index is 0.0227. The Morgan fingerprint density at radius 3 is 2.64 bits per heavy atom. The second-order valence-electron chi connectivity index (χ2n) is 5.54. The van der Waals surface area contributed by atoms with Gasteiger partial charge in [-0.3, -0.25) is 0 Å². The third-order valence-corrected chi connectivity index (χ3v) is 5.89. The van der Waals surface area contributed by atoms with Crippen molar-refractivity contribution in [2.24, 2.45) is 5.11 Å². The molecule has 0 heterocycles. The zero-order valence-corrected chi connectivity index (χ0v) is 17.5. The van der Waals surface area contributed by atoms with Crippen LogP contribution in [0.3, 0.4) is 0 Å². The number of aliphatic hydroxyl groups excluding tert-OH is 1. The first-order chi connectivity index (χ1) is 13.7. The van der Waals surface area contributed by atoms with Crippen LogP contribution < -0.4 is 13.9 Å². The van der Waals surface area contributed by atoms with Crippen molar-refractivity contribution in [1.82, 2.24) is 0 Å². The van der Waals surface area contributed by atoms with E-state index >= 15 is 0 Å². The molecule has 9 heteroatoms. The summed E-state index contributed by atoms with van der Waals surface area (Å²) in [6.45, 7) is 0.481. The Hall–Kier alpha value is -2.25. The number of nitrogens with zero attached hydrogens (tertiary/aromatic N) is 3. The summed E-state index contributed by atoms with van der Waals surface area (Å²) in [6.07, 6.45) is -1.13. The Bertz CT molecular complexity index is 785. The second-order valence-corrected chi connectivity index (χ2v) is 7.74. The first kappa shape index (κ1) is 22.0. The van der Waals surface area contributed by atoms with Gasteiger partial charge in [-0.05, 0) is 0 Å². The molecule has 2 aromatic carbocycles. The van der Waals surface area contributed by atoms with E-state index in [9.17, 15) is 5.11 Å². The number of ether oxygens (including phenoxy) is 4. The van der Waals surface area contributed by atoms with Gasteiger partial charge in [0.25, 0.3) is 0 Å². The maximum absolute atomic E-state index is 10.4. The van der Waals surface area contributed by atoms with Crippen LogP contribution in [-0.4, -0.2) is 54.2 Å². The number of rotatable bonds is 12. The van der Waals surface area contributed by atoms with Crippen molar-refractivity contribution >= 4 is 19.4 Å². The van der Waals surface area contributed by atoms with Gasteiger partial charge in [-0.25, -0.2) is 0 Å². The summed E-state index contributed by atoms with van der Waals surface area (Å²) in [5, 5.41) is 14.6. The molecule has 1 atom stereocenters. The Kier molecular flexibility index (Phi) is 9.65. The van der Waals surface area contributed by atoms with Crippen LogP contribution in [0.1, 0.15) is 17.4 Å². The fourth-order valence-electron chi connectivity index (χ4n) is 2.43. The van der Waals surface area contributed by atoms with E-state index < -0.39 is 6.29 Å². The molecule has 0 amide bonds. The van der Waals surface area contributed by atoms with Crippen molar-refractivity contribution < 1.29 is 24.1 Å². The van der Waals surface area contributed by atoms with E-state index in [2.05, 4.69) is 22.2 Å². The topological polar surface area (TPSA) is 106 Å². The van der Waals surface area contributed by atoms with Crippen LogP contribution in [0.2, 0.25) is 0 Å². The predicted molar refractivity (Wildman–Crippen MR) is 106 cm³/mol. The van der Waals surface area contributed by atoms with Crippen molar-refractivity contribution in [2.75, 3.05) is 34.2 Å². The number of hydrogen-bond acceptors (Lipinski definition) is 6. The van der Waals surface area contributed by atoms with Crippen molar-refractivity contribution in [1.29, 1.82) is 0 Å². The molecule has 0 saturated heterocycles. The van der Waals surface area contributed by atoms with Gasteiger partial charge in [0, 0.05) is 0 Å². The molecule has 0 bridgehead atoms. The van der Waals surface area contributed by atoms with Gasteiger partial charge in [0.1, 0.15) is 0 Å². The van der Waals surface area contributed by atoms with E-state index in [0.29, 0.717) is 22.4 Å². The van der Waals surface area contributed by atoms with E-state index in [1.807, 2.05) is 24.3 Å². The molecule has 0 spiro atoms. The average molecular weight is 452 g/mol. The predicted octanol–water partition coefficient (Wildman–Crippen LogP) is 2.53. The van der Waals surface area contributed by atoms with Crippen LogP contribution in [0.15, 0.2) is 47.6 Å². The van der Waals surface area contributed by atoms with E-state index in [-0.39, 0.29) is 34.9 Å². The SMILES string of the molecule is COCOc1cc(OCCN=[N+]=[N-])cc(C[Se]c2ccccc2)c1C(O)OC. The molecular weight excluding hydrogens is 429 g/mol. The van der Waals surface area contributed by atoms with Gasteiger partial charge in [-0.2, -0.15) is 0 Å². The van der Waals surface area contributed by atoms with Gasteiger partial charge >= 0.3 is 170 Å². The summed E-state index contributed by atoms with van der Waals surface area (Å²) in [4.78, 5) is 2.71. The second kappa shape index (κ2) is 12.3. The first-order valence-electron chi connectivity index (χ1n) is 8.50.